The number of hydrogen-bond donors (Lipinski definition) is 0. The lowest BCUT2D eigenvalue weighted by Gasteiger charge is -2.15. The average molecular weight is 376 g/mol. The zero-order chi connectivity index (χ0) is 19.5. The molecule has 0 fully saturated rings. The highest BCUT2D eigenvalue weighted by atomic mass is 16.6. The number of hydrogen-bond acceptors (Lipinski definition) is 6. The first kappa shape index (κ1) is 20.7. The third-order valence-corrected chi connectivity index (χ3v) is 3.55. The Labute approximate surface area is 160 Å². The van der Waals surface area contributed by atoms with Crippen LogP contribution in [0.2, 0.25) is 0 Å². The van der Waals surface area contributed by atoms with Gasteiger partial charge in [0, 0.05) is 0 Å². The number of methoxy groups -OCH3 is 2. The number of para-hydroxylation sites is 3. The minimum Gasteiger partial charge on any atom is -0.493 e. The van der Waals surface area contributed by atoms with Gasteiger partial charge in [0.05, 0.1) is 33.5 Å². The van der Waals surface area contributed by atoms with E-state index in [1.165, 1.54) is 0 Å². The predicted molar refractivity (Wildman–Crippen MR) is 104 cm³/mol. The van der Waals surface area contributed by atoms with Gasteiger partial charge < -0.3 is 28.4 Å². The van der Waals surface area contributed by atoms with Crippen LogP contribution in [0.1, 0.15) is 13.8 Å². The Kier molecular flexibility index (Phi) is 8.58. The molecule has 0 unspecified atom stereocenters. The molecule has 148 valence electrons. The van der Waals surface area contributed by atoms with Gasteiger partial charge in [-0.25, -0.2) is 0 Å². The van der Waals surface area contributed by atoms with E-state index in [9.17, 15) is 0 Å². The van der Waals surface area contributed by atoms with Crippen molar-refractivity contribution < 1.29 is 28.4 Å². The molecule has 27 heavy (non-hydrogen) atoms. The van der Waals surface area contributed by atoms with Gasteiger partial charge in [0.1, 0.15) is 13.2 Å². The fourth-order valence-electron chi connectivity index (χ4n) is 2.40. The average Bonchev–Trinajstić information content (AvgIpc) is 2.67. The first-order valence-corrected chi connectivity index (χ1v) is 8.95. The summed E-state index contributed by atoms with van der Waals surface area (Å²) in [5, 5.41) is 0. The molecule has 0 atom stereocenters. The van der Waals surface area contributed by atoms with Gasteiger partial charge in [-0.05, 0) is 38.1 Å². The van der Waals surface area contributed by atoms with Crippen LogP contribution in [0.15, 0.2) is 42.5 Å². The lowest BCUT2D eigenvalue weighted by Crippen LogP contribution is -2.13. The minimum atomic E-state index is 0.0927. The SMILES string of the molecule is COc1cccc(OC)c1OCCOCCOc1ccccc1OC(C)C. The maximum absolute atomic E-state index is 5.75. The molecule has 0 aliphatic rings. The molecule has 0 amide bonds. The summed E-state index contributed by atoms with van der Waals surface area (Å²) in [5.41, 5.74) is 0. The smallest absolute Gasteiger partial charge is 0.203 e. The molecule has 0 aliphatic carbocycles. The summed E-state index contributed by atoms with van der Waals surface area (Å²) in [6.07, 6.45) is 0.0927. The summed E-state index contributed by atoms with van der Waals surface area (Å²) in [4.78, 5) is 0. The van der Waals surface area contributed by atoms with Crippen molar-refractivity contribution in [1.82, 2.24) is 0 Å². The van der Waals surface area contributed by atoms with E-state index in [-0.39, 0.29) is 6.10 Å². The standard InChI is InChI=1S/C21H28O6/c1-16(2)27-18-9-6-5-8-17(18)25-14-12-24-13-15-26-21-19(22-3)10-7-11-20(21)23-4/h5-11,16H,12-15H2,1-4H3. The summed E-state index contributed by atoms with van der Waals surface area (Å²) in [6, 6.07) is 13.1. The molecule has 0 bridgehead atoms. The summed E-state index contributed by atoms with van der Waals surface area (Å²) >= 11 is 0. The molecule has 0 aliphatic heterocycles. The topological polar surface area (TPSA) is 55.4 Å². The van der Waals surface area contributed by atoms with E-state index in [0.29, 0.717) is 49.4 Å². The summed E-state index contributed by atoms with van der Waals surface area (Å²) in [5.74, 6) is 3.27. The second-order valence-corrected chi connectivity index (χ2v) is 5.91. The van der Waals surface area contributed by atoms with E-state index in [0.717, 1.165) is 5.75 Å². The predicted octanol–water partition coefficient (Wildman–Crippen LogP) is 3.97. The molecule has 2 aromatic rings. The van der Waals surface area contributed by atoms with Crippen molar-refractivity contribution in [3.63, 3.8) is 0 Å². The fraction of sp³-hybridized carbons (Fsp3) is 0.429. The van der Waals surface area contributed by atoms with Crippen LogP contribution in [-0.4, -0.2) is 46.8 Å². The van der Waals surface area contributed by atoms with Gasteiger partial charge in [-0.2, -0.15) is 0 Å². The largest absolute Gasteiger partial charge is 0.493 e. The second kappa shape index (κ2) is 11.2. The Balaban J connectivity index is 1.70. The van der Waals surface area contributed by atoms with Crippen molar-refractivity contribution >= 4 is 0 Å². The number of rotatable bonds is 12. The van der Waals surface area contributed by atoms with Gasteiger partial charge in [0.2, 0.25) is 5.75 Å². The van der Waals surface area contributed by atoms with Crippen molar-refractivity contribution in [3.8, 4) is 28.7 Å². The molecule has 0 radical (unpaired) electrons. The maximum atomic E-state index is 5.75. The molecule has 0 heterocycles. The van der Waals surface area contributed by atoms with Crippen LogP contribution in [0.25, 0.3) is 0 Å². The molecule has 2 aromatic carbocycles. The molecule has 2 rings (SSSR count). The lowest BCUT2D eigenvalue weighted by atomic mass is 10.3. The molecule has 6 nitrogen and oxygen atoms in total. The minimum absolute atomic E-state index is 0.0927. The summed E-state index contributed by atoms with van der Waals surface area (Å²) < 4.78 is 33.4. The van der Waals surface area contributed by atoms with Gasteiger partial charge in [-0.3, -0.25) is 0 Å². The highest BCUT2D eigenvalue weighted by molar-refractivity contribution is 5.51. The first-order chi connectivity index (χ1) is 13.2. The Morgan fingerprint density at radius 1 is 0.667 bits per heavy atom. The zero-order valence-corrected chi connectivity index (χ0v) is 16.4. The van der Waals surface area contributed by atoms with Crippen molar-refractivity contribution in [1.29, 1.82) is 0 Å². The molecule has 0 saturated carbocycles. The zero-order valence-electron chi connectivity index (χ0n) is 16.4. The van der Waals surface area contributed by atoms with E-state index in [1.54, 1.807) is 14.2 Å². The van der Waals surface area contributed by atoms with Gasteiger partial charge in [-0.1, -0.05) is 18.2 Å². The molecule has 6 heteroatoms. The molecule has 0 saturated heterocycles. The van der Waals surface area contributed by atoms with Crippen LogP contribution in [0.4, 0.5) is 0 Å². The Hall–Kier alpha value is -2.60. The highest BCUT2D eigenvalue weighted by Gasteiger charge is 2.11. The Morgan fingerprint density at radius 3 is 1.81 bits per heavy atom. The van der Waals surface area contributed by atoms with Gasteiger partial charge in [0.15, 0.2) is 23.0 Å². The van der Waals surface area contributed by atoms with Crippen LogP contribution >= 0.6 is 0 Å². The molecule has 0 spiro atoms. The molecular weight excluding hydrogens is 348 g/mol. The normalized spacial score (nSPS) is 10.6. The third-order valence-electron chi connectivity index (χ3n) is 3.55. The number of ether oxygens (including phenoxy) is 6. The van der Waals surface area contributed by atoms with E-state index in [2.05, 4.69) is 0 Å². The quantitative estimate of drug-likeness (QED) is 0.523. The Morgan fingerprint density at radius 2 is 1.22 bits per heavy atom. The van der Waals surface area contributed by atoms with Gasteiger partial charge in [-0.15, -0.1) is 0 Å². The van der Waals surface area contributed by atoms with Crippen LogP contribution in [0, 0.1) is 0 Å². The van der Waals surface area contributed by atoms with Gasteiger partial charge >= 0.3 is 0 Å². The first-order valence-electron chi connectivity index (χ1n) is 8.95. The van der Waals surface area contributed by atoms with E-state index >= 15 is 0 Å². The number of benzene rings is 2. The van der Waals surface area contributed by atoms with Crippen molar-refractivity contribution in [2.24, 2.45) is 0 Å². The van der Waals surface area contributed by atoms with E-state index in [4.69, 9.17) is 28.4 Å². The van der Waals surface area contributed by atoms with E-state index in [1.807, 2.05) is 56.3 Å². The lowest BCUT2D eigenvalue weighted by molar-refractivity contribution is 0.0737. The summed E-state index contributed by atoms with van der Waals surface area (Å²) in [6.45, 7) is 5.64. The molecular formula is C21H28O6. The van der Waals surface area contributed by atoms with Crippen molar-refractivity contribution in [3.05, 3.63) is 42.5 Å². The van der Waals surface area contributed by atoms with Crippen LogP contribution in [0.5, 0.6) is 28.7 Å². The fourth-order valence-corrected chi connectivity index (χ4v) is 2.40. The van der Waals surface area contributed by atoms with Crippen LogP contribution in [-0.2, 0) is 4.74 Å². The molecule has 0 aromatic heterocycles. The van der Waals surface area contributed by atoms with Crippen LogP contribution in [0.3, 0.4) is 0 Å². The maximum Gasteiger partial charge on any atom is 0.203 e. The monoisotopic (exact) mass is 376 g/mol. The molecule has 0 N–H and O–H groups in total. The van der Waals surface area contributed by atoms with Crippen molar-refractivity contribution in [2.75, 3.05) is 40.6 Å². The van der Waals surface area contributed by atoms with Gasteiger partial charge in [0.25, 0.3) is 0 Å². The highest BCUT2D eigenvalue weighted by Crippen LogP contribution is 2.36. The summed E-state index contributed by atoms with van der Waals surface area (Å²) in [7, 11) is 3.19. The Bertz CT molecular complexity index is 664. The van der Waals surface area contributed by atoms with E-state index < -0.39 is 0 Å². The van der Waals surface area contributed by atoms with Crippen LogP contribution < -0.4 is 23.7 Å². The second-order valence-electron chi connectivity index (χ2n) is 5.91. The van der Waals surface area contributed by atoms with Crippen molar-refractivity contribution in [2.45, 2.75) is 20.0 Å². The third kappa shape index (κ3) is 6.57.